The van der Waals surface area contributed by atoms with Crippen LogP contribution in [0, 0.1) is 0 Å². The van der Waals surface area contributed by atoms with E-state index in [2.05, 4.69) is 0 Å². The first-order valence-corrected chi connectivity index (χ1v) is 6.68. The van der Waals surface area contributed by atoms with E-state index in [1.165, 1.54) is 0 Å². The largest absolute Gasteiger partial charge is 1.00 e. The van der Waals surface area contributed by atoms with Crippen molar-refractivity contribution < 1.29 is 147 Å². The van der Waals surface area contributed by atoms with E-state index in [0.29, 0.717) is 0 Å². The van der Waals surface area contributed by atoms with Crippen molar-refractivity contribution in [2.45, 2.75) is 17.9 Å². The van der Waals surface area contributed by atoms with Gasteiger partial charge >= 0.3 is 118 Å². The van der Waals surface area contributed by atoms with Crippen molar-refractivity contribution in [3.8, 4) is 0 Å². The maximum atomic E-state index is 10.5. The molecule has 0 aliphatic heterocycles. The van der Waals surface area contributed by atoms with Gasteiger partial charge in [0.05, 0.1) is 5.02 Å². The summed E-state index contributed by atoms with van der Waals surface area (Å²) in [5, 5.41) is -3.26. The SMILES string of the molecule is NCCCC(N)(P(=O)([O-])[O-])P(=O)([O-])[O-].[Na+].[Na+].[Na+].[Na+]. The molecular formula is C4H10N2Na4O6P2. The van der Waals surface area contributed by atoms with Crippen molar-refractivity contribution in [3.05, 3.63) is 0 Å². The molecule has 0 aromatic heterocycles. The van der Waals surface area contributed by atoms with E-state index in [1.807, 2.05) is 0 Å². The minimum Gasteiger partial charge on any atom is -0.809 e. The molecule has 0 amide bonds. The average Bonchev–Trinajstić information content (AvgIpc) is 1.95. The van der Waals surface area contributed by atoms with Crippen LogP contribution in [0.4, 0.5) is 0 Å². The van der Waals surface area contributed by atoms with Gasteiger partial charge in [0.25, 0.3) is 0 Å². The Morgan fingerprint density at radius 1 is 0.889 bits per heavy atom. The summed E-state index contributed by atoms with van der Waals surface area (Å²) in [5.41, 5.74) is 9.79. The minimum absolute atomic E-state index is 0. The van der Waals surface area contributed by atoms with E-state index in [-0.39, 0.29) is 131 Å². The second-order valence-corrected chi connectivity index (χ2v) is 6.70. The van der Waals surface area contributed by atoms with Crippen molar-refractivity contribution >= 4 is 15.2 Å². The second-order valence-electron chi connectivity index (χ2n) is 2.77. The van der Waals surface area contributed by atoms with Gasteiger partial charge in [-0.15, -0.1) is 0 Å². The number of hydrogen-bond acceptors (Lipinski definition) is 8. The molecule has 0 fully saturated rings. The molecule has 0 aliphatic carbocycles. The Bertz CT molecular complexity index is 273. The molecule has 4 N–H and O–H groups in total. The monoisotopic (exact) mass is 336 g/mol. The van der Waals surface area contributed by atoms with E-state index in [1.54, 1.807) is 0 Å². The van der Waals surface area contributed by atoms with Gasteiger partial charge in [-0.2, -0.15) is 0 Å². The molecule has 0 radical (unpaired) electrons. The summed E-state index contributed by atoms with van der Waals surface area (Å²) < 4.78 is 21.1. The Morgan fingerprint density at radius 3 is 1.33 bits per heavy atom. The Balaban J connectivity index is -0.000000141. The van der Waals surface area contributed by atoms with Crippen LogP contribution in [0.5, 0.6) is 0 Å². The molecule has 0 bridgehead atoms. The molecule has 0 heterocycles. The van der Waals surface area contributed by atoms with Crippen LogP contribution in [0.25, 0.3) is 0 Å². The van der Waals surface area contributed by atoms with Gasteiger partial charge in [-0.3, -0.25) is 0 Å². The molecule has 0 spiro atoms. The van der Waals surface area contributed by atoms with Gasteiger partial charge in [-0.05, 0) is 34.6 Å². The Morgan fingerprint density at radius 2 is 1.17 bits per heavy atom. The van der Waals surface area contributed by atoms with Crippen LogP contribution in [0.3, 0.4) is 0 Å². The van der Waals surface area contributed by atoms with Crippen molar-refractivity contribution in [1.29, 1.82) is 0 Å². The topological polar surface area (TPSA) is 178 Å². The van der Waals surface area contributed by atoms with Crippen LogP contribution in [0.1, 0.15) is 12.8 Å². The summed E-state index contributed by atoms with van der Waals surface area (Å²) >= 11 is 0. The van der Waals surface area contributed by atoms with E-state index >= 15 is 0 Å². The third kappa shape index (κ3) is 10.1. The van der Waals surface area contributed by atoms with E-state index in [0.717, 1.165) is 0 Å². The molecule has 14 heteroatoms. The van der Waals surface area contributed by atoms with E-state index in [9.17, 15) is 28.7 Å². The fraction of sp³-hybridized carbons (Fsp3) is 1.00. The number of rotatable bonds is 5. The van der Waals surface area contributed by atoms with E-state index in [4.69, 9.17) is 11.5 Å². The second kappa shape index (κ2) is 13.6. The molecule has 0 aromatic rings. The van der Waals surface area contributed by atoms with Crippen LogP contribution in [0.15, 0.2) is 0 Å². The molecule has 0 saturated carbocycles. The first-order chi connectivity index (χ1) is 6.06. The zero-order valence-corrected chi connectivity index (χ0v) is 20.9. The smallest absolute Gasteiger partial charge is 0.809 e. The van der Waals surface area contributed by atoms with Crippen LogP contribution < -0.4 is 149 Å². The molecule has 86 valence electrons. The summed E-state index contributed by atoms with van der Waals surface area (Å²) in [5.74, 6) is 0. The third-order valence-electron chi connectivity index (χ3n) is 1.70. The first kappa shape index (κ1) is 33.7. The van der Waals surface area contributed by atoms with Crippen molar-refractivity contribution in [1.82, 2.24) is 0 Å². The van der Waals surface area contributed by atoms with Crippen molar-refractivity contribution in [2.75, 3.05) is 6.54 Å². The standard InChI is InChI=1S/C4H14N2O6P2.4Na/c5-3-1-2-4(6,13(7,8)9)14(10,11)12;;;;/h1-3,5-6H2,(H2,7,8,9)(H2,10,11,12);;;;/q;4*+1/p-4. The summed E-state index contributed by atoms with van der Waals surface area (Å²) in [7, 11) is -11.4. The van der Waals surface area contributed by atoms with E-state index < -0.39 is 26.6 Å². The van der Waals surface area contributed by atoms with Crippen LogP contribution in [-0.4, -0.2) is 11.6 Å². The van der Waals surface area contributed by atoms with Gasteiger partial charge in [0.2, 0.25) is 0 Å². The van der Waals surface area contributed by atoms with Crippen LogP contribution in [0.2, 0.25) is 0 Å². The van der Waals surface area contributed by atoms with Gasteiger partial charge in [-0.25, -0.2) is 0 Å². The maximum absolute atomic E-state index is 10.5. The van der Waals surface area contributed by atoms with Gasteiger partial charge < -0.3 is 40.2 Å². The Hall–Kier alpha value is 4.22. The molecule has 8 nitrogen and oxygen atoms in total. The predicted octanol–water partition coefficient (Wildman–Crippen LogP) is -15.8. The first-order valence-electron chi connectivity index (χ1n) is 3.59. The number of nitrogens with two attached hydrogens (primary N) is 2. The number of hydrogen-bond donors (Lipinski definition) is 2. The summed E-state index contributed by atoms with van der Waals surface area (Å²) in [4.78, 5) is 42.2. The quantitative estimate of drug-likeness (QED) is 0.367. The molecule has 18 heavy (non-hydrogen) atoms. The van der Waals surface area contributed by atoms with Crippen LogP contribution >= 0.6 is 15.2 Å². The Labute approximate surface area is 194 Å². The molecule has 0 saturated heterocycles. The third-order valence-corrected chi connectivity index (χ3v) is 5.51. The van der Waals surface area contributed by atoms with Gasteiger partial charge in [0.1, 0.15) is 0 Å². The van der Waals surface area contributed by atoms with Gasteiger partial charge in [0.15, 0.2) is 0 Å². The Kier molecular flexibility index (Phi) is 25.6. The fourth-order valence-corrected chi connectivity index (χ4v) is 2.85. The molecular weight excluding hydrogens is 326 g/mol. The molecule has 0 unspecified atom stereocenters. The molecule has 0 aliphatic rings. The average molecular weight is 336 g/mol. The maximum Gasteiger partial charge on any atom is 1.00 e. The predicted molar refractivity (Wildman–Crippen MR) is 40.4 cm³/mol. The zero-order chi connectivity index (χ0) is 11.6. The molecule has 0 rings (SSSR count). The summed E-state index contributed by atoms with van der Waals surface area (Å²) in [6, 6.07) is 0. The van der Waals surface area contributed by atoms with Crippen molar-refractivity contribution in [2.24, 2.45) is 11.5 Å². The fourth-order valence-electron chi connectivity index (χ4n) is 0.786. The summed E-state index contributed by atoms with van der Waals surface area (Å²) in [6.07, 6.45) is -0.919. The van der Waals surface area contributed by atoms with Crippen LogP contribution in [-0.2, 0) is 9.13 Å². The molecule has 0 aromatic carbocycles. The van der Waals surface area contributed by atoms with Crippen molar-refractivity contribution in [3.63, 3.8) is 0 Å². The molecule has 0 atom stereocenters. The summed E-state index contributed by atoms with van der Waals surface area (Å²) in [6.45, 7) is -0.0705. The normalized spacial score (nSPS) is 11.2. The van der Waals surface area contributed by atoms with Gasteiger partial charge in [0, 0.05) is 0 Å². The van der Waals surface area contributed by atoms with Gasteiger partial charge in [-0.1, -0.05) is 0 Å². The minimum atomic E-state index is -5.70. The zero-order valence-electron chi connectivity index (χ0n) is 11.1.